The fraction of sp³-hybridized carbons (Fsp3) is 0.286. The van der Waals surface area contributed by atoms with Crippen molar-refractivity contribution >= 4 is 35.1 Å². The number of para-hydroxylation sites is 1. The van der Waals surface area contributed by atoms with Crippen LogP contribution in [0.3, 0.4) is 0 Å². The maximum atomic E-state index is 12.4. The third kappa shape index (κ3) is 4.54. The first-order chi connectivity index (χ1) is 14.1. The summed E-state index contributed by atoms with van der Waals surface area (Å²) >= 11 is 1.31. The molecule has 0 fully saturated rings. The Morgan fingerprint density at radius 3 is 2.76 bits per heavy atom. The minimum atomic E-state index is -0.597. The summed E-state index contributed by atoms with van der Waals surface area (Å²) in [5.41, 5.74) is 1.11. The van der Waals surface area contributed by atoms with Crippen molar-refractivity contribution in [2.75, 3.05) is 25.1 Å². The van der Waals surface area contributed by atoms with Gasteiger partial charge in [0.05, 0.1) is 30.6 Å². The van der Waals surface area contributed by atoms with E-state index in [-0.39, 0.29) is 18.1 Å². The van der Waals surface area contributed by atoms with Crippen LogP contribution in [0.1, 0.15) is 23.2 Å². The number of fused-ring (bicyclic) bond motifs is 2. The van der Waals surface area contributed by atoms with Gasteiger partial charge in [-0.1, -0.05) is 12.1 Å². The van der Waals surface area contributed by atoms with Gasteiger partial charge in [-0.2, -0.15) is 0 Å². The number of anilines is 1. The van der Waals surface area contributed by atoms with E-state index in [9.17, 15) is 14.4 Å². The summed E-state index contributed by atoms with van der Waals surface area (Å²) in [6, 6.07) is 12.3. The van der Waals surface area contributed by atoms with Crippen LogP contribution in [-0.4, -0.2) is 42.7 Å². The highest BCUT2D eigenvalue weighted by atomic mass is 32.2. The van der Waals surface area contributed by atoms with Gasteiger partial charge in [0.25, 0.3) is 0 Å². The number of hydrogen-bond donors (Lipinski definition) is 1. The van der Waals surface area contributed by atoms with Gasteiger partial charge < -0.3 is 19.5 Å². The lowest BCUT2D eigenvalue weighted by Crippen LogP contribution is -2.31. The molecule has 4 rings (SSSR count). The Labute approximate surface area is 171 Å². The van der Waals surface area contributed by atoms with Crippen molar-refractivity contribution in [3.05, 3.63) is 48.0 Å². The third-order valence-electron chi connectivity index (χ3n) is 4.49. The van der Waals surface area contributed by atoms with E-state index in [0.717, 1.165) is 17.0 Å². The van der Waals surface area contributed by atoms with Crippen LogP contribution >= 0.6 is 11.8 Å². The molecule has 0 spiro atoms. The summed E-state index contributed by atoms with van der Waals surface area (Å²) in [5.74, 6) is -0.0926. The first-order valence-electron chi connectivity index (χ1n) is 9.25. The molecule has 0 saturated heterocycles. The van der Waals surface area contributed by atoms with E-state index >= 15 is 0 Å². The molecule has 0 saturated carbocycles. The molecule has 29 heavy (non-hydrogen) atoms. The number of amides is 1. The molecule has 2 aliphatic rings. The molecule has 0 aromatic heterocycles. The second kappa shape index (κ2) is 8.57. The largest absolute Gasteiger partial charge is 0.490 e. The predicted molar refractivity (Wildman–Crippen MR) is 107 cm³/mol. The van der Waals surface area contributed by atoms with Crippen LogP contribution in [0.15, 0.2) is 47.4 Å². The summed E-state index contributed by atoms with van der Waals surface area (Å²) in [5, 5.41) is 2.19. The molecule has 1 N–H and O–H groups in total. The smallest absolute Gasteiger partial charge is 0.307 e. The lowest BCUT2D eigenvalue weighted by Gasteiger charge is -2.23. The number of carbonyl (C=O) groups is 3. The van der Waals surface area contributed by atoms with Crippen LogP contribution in [0.5, 0.6) is 11.5 Å². The molecular formula is C21H19NO6S. The number of esters is 1. The van der Waals surface area contributed by atoms with Crippen LogP contribution in [0.25, 0.3) is 0 Å². The van der Waals surface area contributed by atoms with E-state index in [1.165, 1.54) is 11.8 Å². The molecule has 2 aromatic rings. The molecule has 150 valence electrons. The number of thioether (sulfide) groups is 1. The highest BCUT2D eigenvalue weighted by Crippen LogP contribution is 2.36. The zero-order valence-electron chi connectivity index (χ0n) is 15.5. The second-order valence-corrected chi connectivity index (χ2v) is 7.84. The quantitative estimate of drug-likeness (QED) is 0.595. The Kier molecular flexibility index (Phi) is 5.71. The van der Waals surface area contributed by atoms with Crippen molar-refractivity contribution < 1.29 is 28.6 Å². The first kappa shape index (κ1) is 19.3. The van der Waals surface area contributed by atoms with E-state index in [1.54, 1.807) is 18.2 Å². The van der Waals surface area contributed by atoms with Crippen molar-refractivity contribution in [2.24, 2.45) is 0 Å². The zero-order valence-corrected chi connectivity index (χ0v) is 16.3. The molecule has 7 nitrogen and oxygen atoms in total. The number of Topliss-reactive ketones (excluding diaryl/α,β-unsaturated/α-hetero) is 1. The van der Waals surface area contributed by atoms with Crippen LogP contribution in [-0.2, 0) is 14.3 Å². The van der Waals surface area contributed by atoms with Gasteiger partial charge in [-0.25, -0.2) is 0 Å². The Bertz CT molecular complexity index is 960. The van der Waals surface area contributed by atoms with E-state index in [2.05, 4.69) is 5.32 Å². The number of hydrogen-bond acceptors (Lipinski definition) is 7. The molecule has 0 aliphatic carbocycles. The number of ether oxygens (including phenoxy) is 3. The van der Waals surface area contributed by atoms with Gasteiger partial charge in [-0.15, -0.1) is 11.8 Å². The maximum absolute atomic E-state index is 12.4. The van der Waals surface area contributed by atoms with Crippen molar-refractivity contribution in [1.82, 2.24) is 0 Å². The minimum Gasteiger partial charge on any atom is -0.490 e. The first-order valence-corrected chi connectivity index (χ1v) is 10.1. The van der Waals surface area contributed by atoms with Gasteiger partial charge in [-0.05, 0) is 30.3 Å². The highest BCUT2D eigenvalue weighted by Gasteiger charge is 2.29. The van der Waals surface area contributed by atoms with Crippen LogP contribution < -0.4 is 14.8 Å². The monoisotopic (exact) mass is 413 g/mol. The molecule has 0 unspecified atom stereocenters. The molecule has 2 heterocycles. The Balaban J connectivity index is 1.32. The van der Waals surface area contributed by atoms with Crippen molar-refractivity contribution in [3.8, 4) is 11.5 Å². The molecule has 0 radical (unpaired) electrons. The van der Waals surface area contributed by atoms with Crippen molar-refractivity contribution in [3.63, 3.8) is 0 Å². The SMILES string of the molecule is O=C(C[C@H]1Sc2ccccc2NC1=O)OCC(=O)c1ccc2c(c1)OCCCO2. The fourth-order valence-corrected chi connectivity index (χ4v) is 4.10. The van der Waals surface area contributed by atoms with Gasteiger partial charge in [-0.3, -0.25) is 14.4 Å². The Morgan fingerprint density at radius 2 is 1.90 bits per heavy atom. The van der Waals surface area contributed by atoms with Crippen molar-refractivity contribution in [1.29, 1.82) is 0 Å². The Hall–Kier alpha value is -3.00. The predicted octanol–water partition coefficient (Wildman–Crippen LogP) is 3.08. The molecule has 1 atom stereocenters. The summed E-state index contributed by atoms with van der Waals surface area (Å²) in [4.78, 5) is 37.6. The molecular weight excluding hydrogens is 394 g/mol. The number of ketones is 1. The lowest BCUT2D eigenvalue weighted by molar-refractivity contribution is -0.143. The van der Waals surface area contributed by atoms with Gasteiger partial charge in [0, 0.05) is 16.9 Å². The maximum Gasteiger partial charge on any atom is 0.307 e. The zero-order chi connectivity index (χ0) is 20.2. The fourth-order valence-electron chi connectivity index (χ4n) is 3.00. The van der Waals surface area contributed by atoms with Gasteiger partial charge in [0.2, 0.25) is 5.91 Å². The van der Waals surface area contributed by atoms with E-state index in [4.69, 9.17) is 14.2 Å². The summed E-state index contributed by atoms with van der Waals surface area (Å²) in [6.07, 6.45) is 0.659. The standard InChI is InChI=1S/C21H19NO6S/c23-15(13-6-7-16-17(10-13)27-9-3-8-26-16)12-28-20(24)11-19-21(25)22-14-4-1-2-5-18(14)29-19/h1-2,4-7,10,19H,3,8-9,11-12H2,(H,22,25)/t19-/m1/s1. The summed E-state index contributed by atoms with van der Waals surface area (Å²) < 4.78 is 16.2. The number of carbonyl (C=O) groups excluding carboxylic acids is 3. The molecule has 1 amide bonds. The lowest BCUT2D eigenvalue weighted by atomic mass is 10.1. The Morgan fingerprint density at radius 1 is 1.10 bits per heavy atom. The average molecular weight is 413 g/mol. The number of rotatable bonds is 5. The van der Waals surface area contributed by atoms with Crippen LogP contribution in [0.2, 0.25) is 0 Å². The molecule has 2 aliphatic heterocycles. The topological polar surface area (TPSA) is 90.9 Å². The van der Waals surface area contributed by atoms with E-state index < -0.39 is 17.8 Å². The normalized spacial score (nSPS) is 17.5. The van der Waals surface area contributed by atoms with E-state index in [1.807, 2.05) is 24.3 Å². The average Bonchev–Trinajstić information content (AvgIpc) is 2.97. The third-order valence-corrected chi connectivity index (χ3v) is 5.77. The van der Waals surface area contributed by atoms with Crippen molar-refractivity contribution in [2.45, 2.75) is 23.0 Å². The molecule has 0 bridgehead atoms. The van der Waals surface area contributed by atoms with Gasteiger partial charge >= 0.3 is 5.97 Å². The van der Waals surface area contributed by atoms with Crippen LogP contribution in [0, 0.1) is 0 Å². The molecule has 8 heteroatoms. The van der Waals surface area contributed by atoms with E-state index in [0.29, 0.717) is 30.3 Å². The minimum absolute atomic E-state index is 0.112. The molecule has 2 aromatic carbocycles. The summed E-state index contributed by atoms with van der Waals surface area (Å²) in [7, 11) is 0. The summed E-state index contributed by atoms with van der Waals surface area (Å²) in [6.45, 7) is 0.688. The number of benzene rings is 2. The number of nitrogens with one attached hydrogen (secondary N) is 1. The van der Waals surface area contributed by atoms with Gasteiger partial charge in [0.15, 0.2) is 23.9 Å². The van der Waals surface area contributed by atoms with Crippen LogP contribution in [0.4, 0.5) is 5.69 Å². The highest BCUT2D eigenvalue weighted by molar-refractivity contribution is 8.01. The second-order valence-electron chi connectivity index (χ2n) is 6.59. The van der Waals surface area contributed by atoms with Gasteiger partial charge in [0.1, 0.15) is 0 Å².